The molecule has 0 aliphatic rings. The van der Waals surface area contributed by atoms with E-state index in [1.54, 1.807) is 0 Å². The van der Waals surface area contributed by atoms with Crippen LogP contribution in [0.25, 0.3) is 17.1 Å². The van der Waals surface area contributed by atoms with Gasteiger partial charge in [0.1, 0.15) is 12.1 Å². The number of hydrogen-bond acceptors (Lipinski definition) is 5. The predicted octanol–water partition coefficient (Wildman–Crippen LogP) is 6.89. The Hall–Kier alpha value is -4.45. The number of carbonyl (C=O) groups is 1. The van der Waals surface area contributed by atoms with Gasteiger partial charge in [-0.2, -0.15) is 0 Å². The van der Waals surface area contributed by atoms with Crippen LogP contribution in [-0.2, 0) is 6.42 Å². The number of aryl methyl sites for hydroxylation is 2. The first-order valence-electron chi connectivity index (χ1n) is 13.3. The first kappa shape index (κ1) is 30.5. The molecular formula is C30H31F3N6O2S. The molecule has 0 saturated heterocycles. The van der Waals surface area contributed by atoms with Crippen LogP contribution >= 0.6 is 12.2 Å². The zero-order chi connectivity index (χ0) is 30.3. The van der Waals surface area contributed by atoms with E-state index in [9.17, 15) is 18.0 Å². The number of nitrogens with zero attached hydrogens (tertiary/aromatic N) is 3. The number of thiocarbonyl (C=S) groups is 1. The van der Waals surface area contributed by atoms with Gasteiger partial charge in [0.05, 0.1) is 5.69 Å². The SMILES string of the molecule is Cc1ccc(C(C)C)c(NC(=S)NC(=O)NCCCc2cccc(-c3ncn(-c4ccc(OC(F)(F)F)cc4)n3)c2)c1. The molecule has 1 heterocycles. The van der Waals surface area contributed by atoms with Gasteiger partial charge in [-0.1, -0.05) is 44.2 Å². The van der Waals surface area contributed by atoms with Crippen molar-refractivity contribution in [1.29, 1.82) is 0 Å². The van der Waals surface area contributed by atoms with Gasteiger partial charge in [0.25, 0.3) is 0 Å². The minimum absolute atomic E-state index is 0.227. The van der Waals surface area contributed by atoms with E-state index in [1.165, 1.54) is 35.3 Å². The molecule has 12 heteroatoms. The lowest BCUT2D eigenvalue weighted by Crippen LogP contribution is -2.42. The Kier molecular flexibility index (Phi) is 9.79. The highest BCUT2D eigenvalue weighted by Crippen LogP contribution is 2.26. The molecule has 42 heavy (non-hydrogen) atoms. The van der Waals surface area contributed by atoms with Gasteiger partial charge < -0.3 is 15.4 Å². The monoisotopic (exact) mass is 596 g/mol. The second-order valence-corrected chi connectivity index (χ2v) is 10.3. The third kappa shape index (κ3) is 8.77. The Balaban J connectivity index is 1.25. The molecule has 4 aromatic rings. The number of rotatable bonds is 9. The van der Waals surface area contributed by atoms with Crippen LogP contribution in [0.1, 0.15) is 42.9 Å². The van der Waals surface area contributed by atoms with E-state index >= 15 is 0 Å². The maximum atomic E-state index is 12.4. The Labute approximate surface area is 247 Å². The molecular weight excluding hydrogens is 565 g/mol. The zero-order valence-corrected chi connectivity index (χ0v) is 24.1. The Morgan fingerprint density at radius 1 is 1.07 bits per heavy atom. The number of urea groups is 1. The fourth-order valence-electron chi connectivity index (χ4n) is 4.26. The zero-order valence-electron chi connectivity index (χ0n) is 23.3. The number of aromatic nitrogens is 3. The number of amides is 2. The quantitative estimate of drug-likeness (QED) is 0.144. The average Bonchev–Trinajstić information content (AvgIpc) is 3.41. The van der Waals surface area contributed by atoms with Crippen molar-refractivity contribution in [2.75, 3.05) is 11.9 Å². The van der Waals surface area contributed by atoms with Gasteiger partial charge in [-0.15, -0.1) is 18.3 Å². The fraction of sp³-hybridized carbons (Fsp3) is 0.267. The van der Waals surface area contributed by atoms with E-state index < -0.39 is 6.36 Å². The van der Waals surface area contributed by atoms with E-state index in [-0.39, 0.29) is 16.9 Å². The van der Waals surface area contributed by atoms with Crippen LogP contribution in [0.5, 0.6) is 5.75 Å². The Bertz CT molecular complexity index is 1540. The number of ether oxygens (including phenoxy) is 1. The molecule has 0 unspecified atom stereocenters. The van der Waals surface area contributed by atoms with E-state index in [1.807, 2.05) is 43.3 Å². The number of halogens is 3. The van der Waals surface area contributed by atoms with Crippen LogP contribution in [0.4, 0.5) is 23.7 Å². The topological polar surface area (TPSA) is 93.1 Å². The van der Waals surface area contributed by atoms with E-state index in [4.69, 9.17) is 12.2 Å². The van der Waals surface area contributed by atoms with Crippen molar-refractivity contribution in [3.05, 3.63) is 89.7 Å². The molecule has 0 atom stereocenters. The van der Waals surface area contributed by atoms with Crippen LogP contribution < -0.4 is 20.7 Å². The predicted molar refractivity (Wildman–Crippen MR) is 160 cm³/mol. The van der Waals surface area contributed by atoms with Crippen molar-refractivity contribution in [2.45, 2.75) is 45.9 Å². The summed E-state index contributed by atoms with van der Waals surface area (Å²) in [6.07, 6.45) is -1.86. The lowest BCUT2D eigenvalue weighted by atomic mass is 9.99. The number of alkyl halides is 3. The molecule has 4 rings (SSSR count). The molecule has 2 amide bonds. The standard InChI is InChI=1S/C30H31F3N6O2S/c1-19(2)25-14-9-20(3)16-26(25)36-29(42)37-28(40)34-15-5-7-21-6-4-8-22(17-21)27-35-18-39(38-27)23-10-12-24(13-11-23)41-30(31,32)33/h4,6,8-14,16-19H,5,7,15H2,1-3H3,(H3,34,36,37,40,42). The van der Waals surface area contributed by atoms with Gasteiger partial charge >= 0.3 is 12.4 Å². The lowest BCUT2D eigenvalue weighted by molar-refractivity contribution is -0.274. The van der Waals surface area contributed by atoms with Gasteiger partial charge in [0.2, 0.25) is 0 Å². The van der Waals surface area contributed by atoms with Gasteiger partial charge in [-0.25, -0.2) is 14.5 Å². The second-order valence-electron chi connectivity index (χ2n) is 9.94. The summed E-state index contributed by atoms with van der Waals surface area (Å²) in [5.41, 5.74) is 5.46. The molecule has 1 aromatic heterocycles. The first-order chi connectivity index (χ1) is 20.0. The van der Waals surface area contributed by atoms with Crippen molar-refractivity contribution in [3.63, 3.8) is 0 Å². The summed E-state index contributed by atoms with van der Waals surface area (Å²) in [6.45, 7) is 6.64. The molecule has 8 nitrogen and oxygen atoms in total. The Morgan fingerprint density at radius 2 is 1.83 bits per heavy atom. The Morgan fingerprint density at radius 3 is 2.55 bits per heavy atom. The number of benzene rings is 3. The lowest BCUT2D eigenvalue weighted by Gasteiger charge is -2.16. The van der Waals surface area contributed by atoms with Crippen molar-refractivity contribution in [3.8, 4) is 22.8 Å². The third-order valence-electron chi connectivity index (χ3n) is 6.25. The van der Waals surface area contributed by atoms with Gasteiger partial charge in [-0.05, 0) is 91.0 Å². The summed E-state index contributed by atoms with van der Waals surface area (Å²) in [4.78, 5) is 16.7. The van der Waals surface area contributed by atoms with E-state index in [0.29, 0.717) is 36.8 Å². The molecule has 0 aliphatic heterocycles. The summed E-state index contributed by atoms with van der Waals surface area (Å²) in [7, 11) is 0. The van der Waals surface area contributed by atoms with Crippen LogP contribution in [0, 0.1) is 6.92 Å². The molecule has 3 N–H and O–H groups in total. The van der Waals surface area contributed by atoms with Crippen LogP contribution in [0.15, 0.2) is 73.1 Å². The fourth-order valence-corrected chi connectivity index (χ4v) is 4.47. The highest BCUT2D eigenvalue weighted by Gasteiger charge is 2.31. The van der Waals surface area contributed by atoms with Gasteiger partial charge in [0, 0.05) is 17.8 Å². The average molecular weight is 597 g/mol. The van der Waals surface area contributed by atoms with Crippen LogP contribution in [-0.4, -0.2) is 38.8 Å². The smallest absolute Gasteiger partial charge is 0.406 e. The molecule has 0 radical (unpaired) electrons. The molecule has 0 spiro atoms. The van der Waals surface area contributed by atoms with Crippen molar-refractivity contribution in [2.24, 2.45) is 0 Å². The van der Waals surface area contributed by atoms with Crippen molar-refractivity contribution in [1.82, 2.24) is 25.4 Å². The summed E-state index contributed by atoms with van der Waals surface area (Å²) in [5, 5.41) is 13.3. The summed E-state index contributed by atoms with van der Waals surface area (Å²) in [6, 6.07) is 18.8. The number of hydrogen-bond donors (Lipinski definition) is 3. The number of carbonyl (C=O) groups excluding carboxylic acids is 1. The van der Waals surface area contributed by atoms with Gasteiger partial charge in [-0.3, -0.25) is 5.32 Å². The molecule has 220 valence electrons. The van der Waals surface area contributed by atoms with Crippen molar-refractivity contribution < 1.29 is 22.7 Å². The highest BCUT2D eigenvalue weighted by molar-refractivity contribution is 7.80. The van der Waals surface area contributed by atoms with E-state index in [2.05, 4.69) is 50.7 Å². The summed E-state index contributed by atoms with van der Waals surface area (Å²) >= 11 is 5.33. The molecule has 0 bridgehead atoms. The normalized spacial score (nSPS) is 11.3. The molecule has 0 fully saturated rings. The number of anilines is 1. The molecule has 3 aromatic carbocycles. The number of nitrogens with one attached hydrogen (secondary N) is 3. The largest absolute Gasteiger partial charge is 0.573 e. The third-order valence-corrected chi connectivity index (χ3v) is 6.45. The van der Waals surface area contributed by atoms with E-state index in [0.717, 1.165) is 27.9 Å². The van der Waals surface area contributed by atoms with Crippen molar-refractivity contribution >= 4 is 29.0 Å². The molecule has 0 aliphatic carbocycles. The summed E-state index contributed by atoms with van der Waals surface area (Å²) < 4.78 is 42.6. The first-order valence-corrected chi connectivity index (χ1v) is 13.7. The minimum Gasteiger partial charge on any atom is -0.406 e. The maximum absolute atomic E-state index is 12.4. The maximum Gasteiger partial charge on any atom is 0.573 e. The highest BCUT2D eigenvalue weighted by atomic mass is 32.1. The minimum atomic E-state index is -4.75. The van der Waals surface area contributed by atoms with Crippen LogP contribution in [0.2, 0.25) is 0 Å². The van der Waals surface area contributed by atoms with Crippen LogP contribution in [0.3, 0.4) is 0 Å². The van der Waals surface area contributed by atoms with Gasteiger partial charge in [0.15, 0.2) is 10.9 Å². The summed E-state index contributed by atoms with van der Waals surface area (Å²) in [5.74, 6) is 0.463. The second kappa shape index (κ2) is 13.5. The molecule has 0 saturated carbocycles.